The third-order valence-electron chi connectivity index (χ3n) is 2.50. The monoisotopic (exact) mass is 266 g/mol. The third-order valence-corrected chi connectivity index (χ3v) is 2.83. The minimum absolute atomic E-state index is 0.0616. The zero-order valence-corrected chi connectivity index (χ0v) is 10.4. The topological polar surface area (TPSA) is 75.0 Å². The van der Waals surface area contributed by atoms with E-state index in [-0.39, 0.29) is 5.15 Å². The summed E-state index contributed by atoms with van der Waals surface area (Å²) in [4.78, 5) is 27.1. The molecule has 0 saturated heterocycles. The Balaban J connectivity index is 2.40. The molecule has 0 aliphatic heterocycles. The zero-order chi connectivity index (χ0) is 13.1. The molecule has 1 aromatic carbocycles. The molecule has 0 amide bonds. The lowest BCUT2D eigenvalue weighted by atomic mass is 10.1. The van der Waals surface area contributed by atoms with Crippen LogP contribution in [-0.4, -0.2) is 17.1 Å². The molecule has 0 atom stereocenters. The number of halogens is 1. The van der Waals surface area contributed by atoms with E-state index in [2.05, 4.69) is 9.97 Å². The van der Waals surface area contributed by atoms with Crippen molar-refractivity contribution >= 4 is 11.6 Å². The van der Waals surface area contributed by atoms with E-state index in [1.165, 1.54) is 0 Å². The van der Waals surface area contributed by atoms with Gasteiger partial charge in [-0.15, -0.1) is 0 Å². The Labute approximate surface area is 107 Å². The fourth-order valence-electron chi connectivity index (χ4n) is 1.63. The first-order valence-electron chi connectivity index (χ1n) is 5.24. The van der Waals surface area contributed by atoms with Crippen LogP contribution in [0.1, 0.15) is 11.1 Å². The Morgan fingerprint density at radius 1 is 1.28 bits per heavy atom. The van der Waals surface area contributed by atoms with Gasteiger partial charge in [0.25, 0.3) is 5.56 Å². The molecule has 0 aliphatic carbocycles. The van der Waals surface area contributed by atoms with Gasteiger partial charge in [-0.3, -0.25) is 14.8 Å². The highest BCUT2D eigenvalue weighted by molar-refractivity contribution is 6.30. The van der Waals surface area contributed by atoms with E-state index in [4.69, 9.17) is 16.3 Å². The fraction of sp³-hybridized carbons (Fsp3) is 0.167. The van der Waals surface area contributed by atoms with Gasteiger partial charge >= 0.3 is 5.69 Å². The van der Waals surface area contributed by atoms with Crippen LogP contribution in [0, 0.1) is 0 Å². The standard InChI is InChI=1S/C12H11ClN2O3/c1-18-8-4-2-3-7(5-8)6-9-10(13)14-12(17)15-11(9)16/h2-5H,6H2,1H3,(H2,14,15,16,17). The molecule has 0 fully saturated rings. The first kappa shape index (κ1) is 12.4. The summed E-state index contributed by atoms with van der Waals surface area (Å²) >= 11 is 5.85. The van der Waals surface area contributed by atoms with E-state index in [1.807, 2.05) is 18.2 Å². The molecule has 6 heteroatoms. The number of aromatic amines is 2. The third kappa shape index (κ3) is 2.62. The number of rotatable bonds is 3. The molecule has 2 aromatic rings. The minimum atomic E-state index is -0.612. The lowest BCUT2D eigenvalue weighted by Gasteiger charge is -2.05. The summed E-state index contributed by atoms with van der Waals surface area (Å²) in [6, 6.07) is 7.29. The summed E-state index contributed by atoms with van der Waals surface area (Å²) in [7, 11) is 1.57. The average molecular weight is 267 g/mol. The van der Waals surface area contributed by atoms with Crippen molar-refractivity contribution in [3.8, 4) is 5.75 Å². The summed E-state index contributed by atoms with van der Waals surface area (Å²) < 4.78 is 5.10. The molecule has 2 N–H and O–H groups in total. The van der Waals surface area contributed by atoms with Crippen LogP contribution in [-0.2, 0) is 6.42 Å². The van der Waals surface area contributed by atoms with Gasteiger partial charge in [0.1, 0.15) is 10.9 Å². The van der Waals surface area contributed by atoms with Gasteiger partial charge in [0.05, 0.1) is 12.7 Å². The first-order chi connectivity index (χ1) is 8.60. The molecule has 0 bridgehead atoms. The molecule has 94 valence electrons. The normalized spacial score (nSPS) is 10.3. The Morgan fingerprint density at radius 3 is 2.72 bits per heavy atom. The van der Waals surface area contributed by atoms with Crippen LogP contribution in [0.5, 0.6) is 5.75 Å². The van der Waals surface area contributed by atoms with Crippen LogP contribution in [0.3, 0.4) is 0 Å². The summed E-state index contributed by atoms with van der Waals surface area (Å²) in [6.45, 7) is 0. The second-order valence-electron chi connectivity index (χ2n) is 3.73. The zero-order valence-electron chi connectivity index (χ0n) is 9.62. The lowest BCUT2D eigenvalue weighted by molar-refractivity contribution is 0.414. The van der Waals surface area contributed by atoms with Crippen molar-refractivity contribution in [3.63, 3.8) is 0 Å². The SMILES string of the molecule is COc1cccc(Cc2c(Cl)[nH]c(=O)[nH]c2=O)c1. The van der Waals surface area contributed by atoms with Gasteiger partial charge in [-0.2, -0.15) is 0 Å². The molecular weight excluding hydrogens is 256 g/mol. The van der Waals surface area contributed by atoms with Crippen molar-refractivity contribution in [2.45, 2.75) is 6.42 Å². The summed E-state index contributed by atoms with van der Waals surface area (Å²) in [6.07, 6.45) is 0.322. The maximum Gasteiger partial charge on any atom is 0.326 e. The molecule has 0 aliphatic rings. The Morgan fingerprint density at radius 2 is 2.06 bits per heavy atom. The van der Waals surface area contributed by atoms with E-state index in [0.717, 1.165) is 5.56 Å². The van der Waals surface area contributed by atoms with Crippen molar-refractivity contribution in [2.24, 2.45) is 0 Å². The molecule has 0 saturated carbocycles. The number of benzene rings is 1. The van der Waals surface area contributed by atoms with Crippen molar-refractivity contribution in [2.75, 3.05) is 7.11 Å². The Kier molecular flexibility index (Phi) is 3.53. The van der Waals surface area contributed by atoms with Crippen LogP contribution in [0.25, 0.3) is 0 Å². The molecule has 1 heterocycles. The number of H-pyrrole nitrogens is 2. The van der Waals surface area contributed by atoms with Gasteiger partial charge in [-0.1, -0.05) is 23.7 Å². The van der Waals surface area contributed by atoms with Gasteiger partial charge in [-0.05, 0) is 17.7 Å². The Bertz CT molecular complexity index is 676. The second-order valence-corrected chi connectivity index (χ2v) is 4.11. The van der Waals surface area contributed by atoms with Gasteiger partial charge < -0.3 is 4.74 Å². The maximum absolute atomic E-state index is 11.6. The van der Waals surface area contributed by atoms with Crippen LogP contribution in [0.15, 0.2) is 33.9 Å². The molecule has 0 radical (unpaired) electrons. The van der Waals surface area contributed by atoms with Crippen molar-refractivity contribution in [1.29, 1.82) is 0 Å². The van der Waals surface area contributed by atoms with Crippen molar-refractivity contribution in [3.05, 3.63) is 61.4 Å². The number of methoxy groups -OCH3 is 1. The summed E-state index contributed by atoms with van der Waals surface area (Å²) in [5.74, 6) is 0.699. The predicted molar refractivity (Wildman–Crippen MR) is 68.5 cm³/mol. The van der Waals surface area contributed by atoms with E-state index < -0.39 is 11.2 Å². The van der Waals surface area contributed by atoms with E-state index in [1.54, 1.807) is 13.2 Å². The maximum atomic E-state index is 11.6. The molecule has 0 spiro atoms. The highest BCUT2D eigenvalue weighted by atomic mass is 35.5. The van der Waals surface area contributed by atoms with Gasteiger partial charge in [0.2, 0.25) is 0 Å². The highest BCUT2D eigenvalue weighted by Gasteiger charge is 2.08. The Hall–Kier alpha value is -2.01. The molecule has 0 unspecified atom stereocenters. The van der Waals surface area contributed by atoms with E-state index >= 15 is 0 Å². The quantitative estimate of drug-likeness (QED) is 0.823. The van der Waals surface area contributed by atoms with Crippen molar-refractivity contribution in [1.82, 2.24) is 9.97 Å². The minimum Gasteiger partial charge on any atom is -0.497 e. The number of nitrogens with one attached hydrogen (secondary N) is 2. The van der Waals surface area contributed by atoms with E-state index in [0.29, 0.717) is 17.7 Å². The van der Waals surface area contributed by atoms with Crippen molar-refractivity contribution < 1.29 is 4.74 Å². The van der Waals surface area contributed by atoms with E-state index in [9.17, 15) is 9.59 Å². The highest BCUT2D eigenvalue weighted by Crippen LogP contribution is 2.17. The number of hydrogen-bond donors (Lipinski definition) is 2. The number of hydrogen-bond acceptors (Lipinski definition) is 3. The van der Waals surface area contributed by atoms with Gasteiger partial charge in [0.15, 0.2) is 0 Å². The van der Waals surface area contributed by atoms with Crippen LogP contribution in [0.4, 0.5) is 0 Å². The molecule has 1 aromatic heterocycles. The largest absolute Gasteiger partial charge is 0.497 e. The molecule has 18 heavy (non-hydrogen) atoms. The smallest absolute Gasteiger partial charge is 0.326 e. The number of ether oxygens (including phenoxy) is 1. The predicted octanol–water partition coefficient (Wildman–Crippen LogP) is 1.32. The lowest BCUT2D eigenvalue weighted by Crippen LogP contribution is -2.25. The summed E-state index contributed by atoms with van der Waals surface area (Å²) in [5, 5.41) is 0.0616. The van der Waals surface area contributed by atoms with Crippen LogP contribution >= 0.6 is 11.6 Å². The van der Waals surface area contributed by atoms with Crippen LogP contribution in [0.2, 0.25) is 5.15 Å². The summed E-state index contributed by atoms with van der Waals surface area (Å²) in [5.41, 5.74) is 0.101. The van der Waals surface area contributed by atoms with Gasteiger partial charge in [0, 0.05) is 6.42 Å². The van der Waals surface area contributed by atoms with Crippen LogP contribution < -0.4 is 16.0 Å². The fourth-order valence-corrected chi connectivity index (χ4v) is 1.87. The average Bonchev–Trinajstić information content (AvgIpc) is 2.34. The molecular formula is C12H11ClN2O3. The number of aromatic nitrogens is 2. The van der Waals surface area contributed by atoms with Gasteiger partial charge in [-0.25, -0.2) is 4.79 Å². The molecule has 5 nitrogen and oxygen atoms in total. The first-order valence-corrected chi connectivity index (χ1v) is 5.62. The molecule has 2 rings (SSSR count). The second kappa shape index (κ2) is 5.10.